The topological polar surface area (TPSA) is 175 Å². The molecular formula is C25H33N5O7S3. The molecule has 3 atom stereocenters. The lowest BCUT2D eigenvalue weighted by molar-refractivity contribution is -0.192. The summed E-state index contributed by atoms with van der Waals surface area (Å²) >= 11 is 8.31. The van der Waals surface area contributed by atoms with Gasteiger partial charge in [-0.15, -0.1) is 11.8 Å². The van der Waals surface area contributed by atoms with Crippen LogP contribution < -0.4 is 21.3 Å². The molecule has 12 nitrogen and oxygen atoms in total. The van der Waals surface area contributed by atoms with Crippen molar-refractivity contribution >= 4 is 69.5 Å². The van der Waals surface area contributed by atoms with Crippen molar-refractivity contribution in [2.45, 2.75) is 36.4 Å². The van der Waals surface area contributed by atoms with Crippen molar-refractivity contribution in [1.29, 1.82) is 0 Å². The number of carboxylic acid groups (broad SMARTS) is 2. The van der Waals surface area contributed by atoms with Gasteiger partial charge in [0.05, 0.1) is 0 Å². The second-order valence-electron chi connectivity index (χ2n) is 9.07. The number of carboxylic acids is 2. The molecule has 0 spiro atoms. The number of anilines is 1. The summed E-state index contributed by atoms with van der Waals surface area (Å²) < 4.78 is 6.03. The predicted molar refractivity (Wildman–Crippen MR) is 158 cm³/mol. The van der Waals surface area contributed by atoms with Crippen molar-refractivity contribution in [3.05, 3.63) is 41.6 Å². The normalized spacial score (nSPS) is 20.8. The molecule has 1 aromatic rings. The second kappa shape index (κ2) is 14.3. The average molecular weight is 612 g/mol. The molecule has 6 N–H and O–H groups in total. The van der Waals surface area contributed by atoms with Crippen molar-refractivity contribution in [1.82, 2.24) is 15.5 Å². The minimum absolute atomic E-state index is 0.0663. The molecule has 0 aromatic heterocycles. The van der Waals surface area contributed by atoms with E-state index >= 15 is 0 Å². The van der Waals surface area contributed by atoms with E-state index < -0.39 is 40.9 Å². The number of nitrogens with zero attached hydrogens (tertiary/aromatic N) is 2. The van der Waals surface area contributed by atoms with Crippen LogP contribution in [-0.2, 0) is 23.9 Å². The van der Waals surface area contributed by atoms with Gasteiger partial charge in [-0.1, -0.05) is 42.2 Å². The lowest BCUT2D eigenvalue weighted by Gasteiger charge is -2.55. The average Bonchev–Trinajstić information content (AvgIpc) is 2.94. The van der Waals surface area contributed by atoms with Gasteiger partial charge in [-0.25, -0.2) is 4.79 Å². The van der Waals surface area contributed by atoms with Gasteiger partial charge >= 0.3 is 11.9 Å². The summed E-state index contributed by atoms with van der Waals surface area (Å²) in [5, 5.41) is 23.9. The molecule has 2 aliphatic rings. The monoisotopic (exact) mass is 611 g/mol. The van der Waals surface area contributed by atoms with Crippen LogP contribution in [0.15, 0.2) is 41.6 Å². The number of hydrogen-bond acceptors (Lipinski definition) is 10. The van der Waals surface area contributed by atoms with Crippen LogP contribution in [0.1, 0.15) is 19.3 Å². The third kappa shape index (κ3) is 6.95. The number of ether oxygens (including phenoxy) is 1. The number of carbonyl (C=O) groups excluding carboxylic acids is 2. The number of aliphatic carboxylic acids is 2. The van der Waals surface area contributed by atoms with Crippen LogP contribution in [0, 0.1) is 0 Å². The number of carbonyl (C=O) groups is 4. The Bertz CT molecular complexity index is 1170. The summed E-state index contributed by atoms with van der Waals surface area (Å²) in [5.41, 5.74) is 5.07. The number of nitrogens with one attached hydrogen (secondary N) is 2. The molecular weight excluding hydrogens is 579 g/mol. The Labute approximate surface area is 246 Å². The van der Waals surface area contributed by atoms with Crippen LogP contribution in [0.4, 0.5) is 5.69 Å². The third-order valence-corrected chi connectivity index (χ3v) is 9.35. The van der Waals surface area contributed by atoms with Crippen molar-refractivity contribution in [3.8, 4) is 0 Å². The van der Waals surface area contributed by atoms with Crippen LogP contribution in [-0.4, -0.2) is 99.1 Å². The Kier molecular flexibility index (Phi) is 11.4. The number of benzene rings is 1. The smallest absolute Gasteiger partial charge is 0.352 e. The lowest BCUT2D eigenvalue weighted by Crippen LogP contribution is -2.80. The Balaban J connectivity index is 1.71. The number of fused-ring (bicyclic) bond motifs is 1. The zero-order valence-electron chi connectivity index (χ0n) is 22.1. The first kappa shape index (κ1) is 31.8. The summed E-state index contributed by atoms with van der Waals surface area (Å²) in [6, 6.07) is 8.55. The van der Waals surface area contributed by atoms with Gasteiger partial charge in [-0.3, -0.25) is 19.3 Å². The van der Waals surface area contributed by atoms with Gasteiger partial charge in [-0.2, -0.15) is 0 Å². The van der Waals surface area contributed by atoms with Crippen molar-refractivity contribution in [2.24, 2.45) is 5.73 Å². The molecule has 2 heterocycles. The Hall–Kier alpha value is -2.69. The minimum atomic E-state index is -1.72. The molecule has 15 heteroatoms. The molecule has 1 saturated heterocycles. The number of amides is 2. The Morgan fingerprint density at radius 3 is 2.62 bits per heavy atom. The maximum atomic E-state index is 13.3. The van der Waals surface area contributed by atoms with E-state index in [2.05, 4.69) is 10.6 Å². The number of hydrogen-bond donors (Lipinski definition) is 5. The number of likely N-dealkylation sites (N-methyl/N-ethyl adjacent to an activating group) is 1. The van der Waals surface area contributed by atoms with E-state index in [1.54, 1.807) is 0 Å². The molecule has 0 saturated carbocycles. The summed E-state index contributed by atoms with van der Waals surface area (Å²) in [7, 11) is 3.12. The van der Waals surface area contributed by atoms with Gasteiger partial charge in [0, 0.05) is 43.8 Å². The van der Waals surface area contributed by atoms with Crippen molar-refractivity contribution in [3.63, 3.8) is 0 Å². The lowest BCUT2D eigenvalue weighted by atomic mass is 9.98. The molecule has 0 aliphatic carbocycles. The van der Waals surface area contributed by atoms with Crippen molar-refractivity contribution < 1.29 is 34.1 Å². The van der Waals surface area contributed by atoms with Crippen LogP contribution in [0.2, 0.25) is 0 Å². The standard InChI is InChI=1S/C25H33N5O7S3/c1-27-11-12-29(16-7-4-3-5-8-16)24(38)40-14-15-13-39-23-25(37-2,22(36)30(23)19(15)21(34)35)28-18(31)10-6-9-17(26)20(32)33/h3-5,7-8,17,23,27H,6,9-14,26H2,1-2H3,(H,28,31)(H,32,33)(H,34,35)/t17?,23-,25-/m0/s1. The first-order valence-electron chi connectivity index (χ1n) is 12.5. The van der Waals surface area contributed by atoms with E-state index in [0.29, 0.717) is 28.7 Å². The second-order valence-corrected chi connectivity index (χ2v) is 11.7. The fourth-order valence-electron chi connectivity index (χ4n) is 4.31. The highest BCUT2D eigenvalue weighted by Gasteiger charge is 2.66. The zero-order chi connectivity index (χ0) is 29.4. The van der Waals surface area contributed by atoms with Gasteiger partial charge in [0.25, 0.3) is 11.6 Å². The highest BCUT2D eigenvalue weighted by Crippen LogP contribution is 2.47. The first-order valence-corrected chi connectivity index (χ1v) is 14.9. The van der Waals surface area contributed by atoms with Gasteiger partial charge in [-0.05, 0) is 37.6 Å². The Morgan fingerprint density at radius 1 is 1.32 bits per heavy atom. The molecule has 2 amide bonds. The Morgan fingerprint density at radius 2 is 2.02 bits per heavy atom. The fraction of sp³-hybridized carbons (Fsp3) is 0.480. The molecule has 2 aliphatic heterocycles. The highest BCUT2D eigenvalue weighted by atomic mass is 32.2. The van der Waals surface area contributed by atoms with E-state index in [4.69, 9.17) is 27.8 Å². The minimum Gasteiger partial charge on any atom is -0.480 e. The number of nitrogens with two attached hydrogens (primary N) is 1. The SMILES string of the molecule is CNCCN(C(=S)SCC1=C(C(=O)O)N2C(=O)[C@](NC(=O)CCCC(N)C(=O)O)(OC)[C@@H]2SC1)c1ccccc1. The molecule has 40 heavy (non-hydrogen) atoms. The summed E-state index contributed by atoms with van der Waals surface area (Å²) in [5.74, 6) is -3.07. The summed E-state index contributed by atoms with van der Waals surface area (Å²) in [4.78, 5) is 52.2. The summed E-state index contributed by atoms with van der Waals surface area (Å²) in [6.45, 7) is 1.31. The molecule has 1 aromatic carbocycles. The maximum absolute atomic E-state index is 13.3. The number of rotatable bonds is 14. The maximum Gasteiger partial charge on any atom is 0.352 e. The molecule has 0 bridgehead atoms. The van der Waals surface area contributed by atoms with E-state index in [0.717, 1.165) is 10.6 Å². The molecule has 3 rings (SSSR count). The number of β-lactam (4-membered cyclic amide) rings is 1. The van der Waals surface area contributed by atoms with Crippen LogP contribution in [0.3, 0.4) is 0 Å². The number of para-hydroxylation sites is 1. The first-order chi connectivity index (χ1) is 19.1. The zero-order valence-corrected chi connectivity index (χ0v) is 24.6. The van der Waals surface area contributed by atoms with Gasteiger partial charge in [0.2, 0.25) is 5.91 Å². The third-order valence-electron chi connectivity index (χ3n) is 6.44. The van der Waals surface area contributed by atoms with Gasteiger partial charge in [0.15, 0.2) is 0 Å². The number of thiocarbonyl (C=S) groups is 1. The number of thioether (sulfide) groups is 2. The number of methoxy groups -OCH3 is 1. The van der Waals surface area contributed by atoms with E-state index in [1.807, 2.05) is 42.3 Å². The van der Waals surface area contributed by atoms with Gasteiger partial charge < -0.3 is 36.2 Å². The largest absolute Gasteiger partial charge is 0.480 e. The molecule has 1 unspecified atom stereocenters. The van der Waals surface area contributed by atoms with E-state index in [1.165, 1.54) is 30.6 Å². The van der Waals surface area contributed by atoms with Crippen LogP contribution >= 0.6 is 35.7 Å². The highest BCUT2D eigenvalue weighted by molar-refractivity contribution is 8.23. The summed E-state index contributed by atoms with van der Waals surface area (Å²) in [6.07, 6.45) is 0.223. The quantitative estimate of drug-likeness (QED) is 0.115. The fourth-order valence-corrected chi connectivity index (χ4v) is 7.14. The van der Waals surface area contributed by atoms with Crippen LogP contribution in [0.25, 0.3) is 0 Å². The molecule has 1 fully saturated rings. The van der Waals surface area contributed by atoms with Crippen LogP contribution in [0.5, 0.6) is 0 Å². The molecule has 0 radical (unpaired) electrons. The van der Waals surface area contributed by atoms with E-state index in [9.17, 15) is 24.3 Å². The predicted octanol–water partition coefficient (Wildman–Crippen LogP) is 1.03. The van der Waals surface area contributed by atoms with E-state index in [-0.39, 0.29) is 30.7 Å². The van der Waals surface area contributed by atoms with Crippen molar-refractivity contribution in [2.75, 3.05) is 43.7 Å². The van der Waals surface area contributed by atoms with Gasteiger partial charge in [0.1, 0.15) is 21.4 Å². The molecule has 218 valence electrons.